The fraction of sp³-hybridized carbons (Fsp3) is 0.917. The zero-order valence-corrected chi connectivity index (χ0v) is 11.3. The molecule has 0 aromatic carbocycles. The van der Waals surface area contributed by atoms with Gasteiger partial charge in [-0.3, -0.25) is 9.69 Å². The van der Waals surface area contributed by atoms with Gasteiger partial charge in [-0.2, -0.15) is 0 Å². The summed E-state index contributed by atoms with van der Waals surface area (Å²) in [6.07, 6.45) is -3.30. The number of carbonyl (C=O) groups excluding carboxylic acids is 1. The number of amides is 1. The fourth-order valence-corrected chi connectivity index (χ4v) is 2.37. The molecule has 8 nitrogen and oxygen atoms in total. The van der Waals surface area contributed by atoms with E-state index in [1.807, 2.05) is 4.90 Å². The van der Waals surface area contributed by atoms with Crippen LogP contribution in [0, 0.1) is 0 Å². The Morgan fingerprint density at radius 2 is 2.20 bits per heavy atom. The second-order valence-electron chi connectivity index (χ2n) is 5.06. The Hall–Kier alpha value is -0.770. The molecule has 2 fully saturated rings. The van der Waals surface area contributed by atoms with Crippen LogP contribution in [0.15, 0.2) is 0 Å². The number of carbonyl (C=O) groups is 1. The number of hydrogen-bond donors (Lipinski definition) is 4. The van der Waals surface area contributed by atoms with Crippen molar-refractivity contribution in [3.8, 4) is 0 Å². The summed E-state index contributed by atoms with van der Waals surface area (Å²) in [6.45, 7) is 2.59. The van der Waals surface area contributed by atoms with E-state index >= 15 is 0 Å². The highest BCUT2D eigenvalue weighted by molar-refractivity contribution is 5.78. The summed E-state index contributed by atoms with van der Waals surface area (Å²) >= 11 is 0. The van der Waals surface area contributed by atoms with Crippen LogP contribution in [0.4, 0.5) is 0 Å². The lowest BCUT2D eigenvalue weighted by Crippen LogP contribution is -2.47. The van der Waals surface area contributed by atoms with Crippen LogP contribution in [0.25, 0.3) is 0 Å². The van der Waals surface area contributed by atoms with Crippen molar-refractivity contribution in [2.45, 2.75) is 31.0 Å². The molecule has 2 saturated heterocycles. The Morgan fingerprint density at radius 3 is 2.85 bits per heavy atom. The highest BCUT2D eigenvalue weighted by Gasteiger charge is 2.42. The molecule has 0 unspecified atom stereocenters. The van der Waals surface area contributed by atoms with Crippen LogP contribution in [0.3, 0.4) is 0 Å². The number of hydrogen-bond acceptors (Lipinski definition) is 7. The quantitative estimate of drug-likeness (QED) is 0.393. The number of nitrogens with zero attached hydrogens (tertiary/aromatic N) is 1. The number of nitrogens with one attached hydrogen (secondary N) is 1. The first-order valence-corrected chi connectivity index (χ1v) is 6.85. The van der Waals surface area contributed by atoms with Crippen LogP contribution in [0.1, 0.15) is 6.42 Å². The number of ether oxygens (including phenoxy) is 2. The van der Waals surface area contributed by atoms with Gasteiger partial charge in [0.1, 0.15) is 18.3 Å². The van der Waals surface area contributed by atoms with E-state index in [0.29, 0.717) is 26.1 Å². The molecule has 116 valence electrons. The van der Waals surface area contributed by atoms with E-state index in [4.69, 9.17) is 14.6 Å². The second kappa shape index (κ2) is 7.30. The minimum absolute atomic E-state index is 0.0284. The molecule has 0 radical (unpaired) electrons. The van der Waals surface area contributed by atoms with Crippen molar-refractivity contribution in [3.05, 3.63) is 0 Å². The lowest BCUT2D eigenvalue weighted by atomic mass is 10.1. The molecule has 0 bridgehead atoms. The third kappa shape index (κ3) is 3.87. The predicted molar refractivity (Wildman–Crippen MR) is 67.8 cm³/mol. The van der Waals surface area contributed by atoms with Crippen molar-refractivity contribution < 1.29 is 29.6 Å². The van der Waals surface area contributed by atoms with Crippen molar-refractivity contribution in [1.29, 1.82) is 0 Å². The Labute approximate surface area is 117 Å². The first-order valence-electron chi connectivity index (χ1n) is 6.85. The smallest absolute Gasteiger partial charge is 0.234 e. The zero-order valence-electron chi connectivity index (χ0n) is 11.3. The average Bonchev–Trinajstić information content (AvgIpc) is 2.71. The van der Waals surface area contributed by atoms with Gasteiger partial charge in [-0.25, -0.2) is 0 Å². The van der Waals surface area contributed by atoms with E-state index in [1.54, 1.807) is 0 Å². The monoisotopic (exact) mass is 290 g/mol. The number of rotatable bonds is 6. The lowest BCUT2D eigenvalue weighted by Gasteiger charge is -2.26. The molecular formula is C12H22N2O6. The van der Waals surface area contributed by atoms with Gasteiger partial charge in [0, 0.05) is 19.6 Å². The van der Waals surface area contributed by atoms with Crippen LogP contribution >= 0.6 is 0 Å². The number of aliphatic hydroxyl groups excluding tert-OH is 3. The normalized spacial score (nSPS) is 35.2. The molecule has 0 saturated carbocycles. The molecule has 2 heterocycles. The molecule has 4 atom stereocenters. The van der Waals surface area contributed by atoms with E-state index < -0.39 is 24.6 Å². The molecule has 0 aliphatic carbocycles. The molecule has 2 rings (SSSR count). The highest BCUT2D eigenvalue weighted by atomic mass is 16.7. The Morgan fingerprint density at radius 1 is 1.40 bits per heavy atom. The van der Waals surface area contributed by atoms with Crippen molar-refractivity contribution in [2.75, 3.05) is 39.4 Å². The van der Waals surface area contributed by atoms with Gasteiger partial charge >= 0.3 is 0 Å². The molecule has 0 aromatic rings. The molecular weight excluding hydrogens is 268 g/mol. The molecule has 0 spiro atoms. The topological polar surface area (TPSA) is 111 Å². The standard InChI is InChI=1S/C12H22N2O6/c15-7-8-10(17)11(18)12(20-8)19-5-1-3-14-4-2-13-9(16)6-14/h8,10-12,15,17-18H,1-7H2,(H,13,16)/t8-,10-,11-,12-/m1/s1. The highest BCUT2D eigenvalue weighted by Crippen LogP contribution is 2.21. The number of aliphatic hydroxyl groups is 3. The van der Waals surface area contributed by atoms with E-state index in [2.05, 4.69) is 5.32 Å². The molecule has 20 heavy (non-hydrogen) atoms. The molecule has 1 amide bonds. The third-order valence-corrected chi connectivity index (χ3v) is 3.52. The summed E-state index contributed by atoms with van der Waals surface area (Å²) in [6, 6.07) is 0. The molecule has 8 heteroatoms. The predicted octanol–water partition coefficient (Wildman–Crippen LogP) is -2.74. The summed E-state index contributed by atoms with van der Waals surface area (Å²) in [7, 11) is 0. The fourth-order valence-electron chi connectivity index (χ4n) is 2.37. The first-order chi connectivity index (χ1) is 9.61. The lowest BCUT2D eigenvalue weighted by molar-refractivity contribution is -0.170. The minimum atomic E-state index is -1.15. The van der Waals surface area contributed by atoms with Crippen LogP contribution in [0.5, 0.6) is 0 Å². The van der Waals surface area contributed by atoms with Gasteiger partial charge in [-0.05, 0) is 6.42 Å². The maximum atomic E-state index is 11.2. The summed E-state index contributed by atoms with van der Waals surface area (Å²) in [5.41, 5.74) is 0. The Balaban J connectivity index is 1.62. The molecule has 4 N–H and O–H groups in total. The van der Waals surface area contributed by atoms with Gasteiger partial charge in [0.2, 0.25) is 5.91 Å². The van der Waals surface area contributed by atoms with Crippen molar-refractivity contribution in [1.82, 2.24) is 10.2 Å². The van der Waals surface area contributed by atoms with Gasteiger partial charge in [0.25, 0.3) is 0 Å². The van der Waals surface area contributed by atoms with Gasteiger partial charge < -0.3 is 30.1 Å². The van der Waals surface area contributed by atoms with Gasteiger partial charge in [0.15, 0.2) is 6.29 Å². The minimum Gasteiger partial charge on any atom is -0.394 e. The van der Waals surface area contributed by atoms with Crippen molar-refractivity contribution in [3.63, 3.8) is 0 Å². The van der Waals surface area contributed by atoms with E-state index in [0.717, 1.165) is 13.1 Å². The molecule has 2 aliphatic rings. The summed E-state index contributed by atoms with van der Waals surface area (Å²) in [4.78, 5) is 13.2. The third-order valence-electron chi connectivity index (χ3n) is 3.52. The van der Waals surface area contributed by atoms with Crippen LogP contribution < -0.4 is 5.32 Å². The van der Waals surface area contributed by atoms with E-state index in [9.17, 15) is 15.0 Å². The van der Waals surface area contributed by atoms with Crippen molar-refractivity contribution >= 4 is 5.91 Å². The summed E-state index contributed by atoms with van der Waals surface area (Å²) in [5, 5.41) is 30.9. The van der Waals surface area contributed by atoms with Crippen LogP contribution in [0.2, 0.25) is 0 Å². The maximum Gasteiger partial charge on any atom is 0.234 e. The molecule has 0 aromatic heterocycles. The number of piperazine rings is 1. The van der Waals surface area contributed by atoms with Gasteiger partial charge in [0.05, 0.1) is 19.8 Å². The SMILES string of the molecule is O=C1CN(CCCO[C@@H]2O[C@H](CO)[C@@H](O)[C@H]2O)CCN1. The zero-order chi connectivity index (χ0) is 14.5. The van der Waals surface area contributed by atoms with Crippen LogP contribution in [-0.4, -0.2) is 90.1 Å². The Bertz CT molecular complexity index is 329. The van der Waals surface area contributed by atoms with Crippen LogP contribution in [-0.2, 0) is 14.3 Å². The maximum absolute atomic E-state index is 11.2. The average molecular weight is 290 g/mol. The first kappa shape index (κ1) is 15.6. The summed E-state index contributed by atoms with van der Waals surface area (Å²) < 4.78 is 10.6. The van der Waals surface area contributed by atoms with E-state index in [1.165, 1.54) is 0 Å². The van der Waals surface area contributed by atoms with E-state index in [-0.39, 0.29) is 12.5 Å². The van der Waals surface area contributed by atoms with Gasteiger partial charge in [-0.15, -0.1) is 0 Å². The van der Waals surface area contributed by atoms with Crippen molar-refractivity contribution in [2.24, 2.45) is 0 Å². The second-order valence-corrected chi connectivity index (χ2v) is 5.06. The Kier molecular flexibility index (Phi) is 5.70. The largest absolute Gasteiger partial charge is 0.394 e. The van der Waals surface area contributed by atoms with Gasteiger partial charge in [-0.1, -0.05) is 0 Å². The summed E-state index contributed by atoms with van der Waals surface area (Å²) in [5.74, 6) is 0.0284. The molecule has 2 aliphatic heterocycles.